The van der Waals surface area contributed by atoms with E-state index in [4.69, 9.17) is 4.74 Å². The van der Waals surface area contributed by atoms with Gasteiger partial charge in [-0.2, -0.15) is 0 Å². The summed E-state index contributed by atoms with van der Waals surface area (Å²) in [4.78, 5) is 35.7. The zero-order chi connectivity index (χ0) is 19.0. The van der Waals surface area contributed by atoms with Crippen LogP contribution in [0.25, 0.3) is 0 Å². The largest absolute Gasteiger partial charge is 0.463 e. The van der Waals surface area contributed by atoms with Crippen LogP contribution in [0.4, 0.5) is 10.5 Å². The second kappa shape index (κ2) is 9.66. The van der Waals surface area contributed by atoms with Crippen molar-refractivity contribution in [1.29, 1.82) is 0 Å². The lowest BCUT2D eigenvalue weighted by Crippen LogP contribution is -2.34. The van der Waals surface area contributed by atoms with Crippen molar-refractivity contribution in [2.45, 2.75) is 46.8 Å². The van der Waals surface area contributed by atoms with E-state index in [1.54, 1.807) is 45.0 Å². The SMILES string of the molecule is CC(C)NC(=O)Nc1cccc(C(=O)NC[C@@H](C)C(=O)OC(C)C)c1. The minimum Gasteiger partial charge on any atom is -0.463 e. The first kappa shape index (κ1) is 20.5. The fourth-order valence-electron chi connectivity index (χ4n) is 1.95. The van der Waals surface area contributed by atoms with Gasteiger partial charge in [0.1, 0.15) is 0 Å². The van der Waals surface area contributed by atoms with Gasteiger partial charge in [0.15, 0.2) is 0 Å². The smallest absolute Gasteiger partial charge is 0.319 e. The number of nitrogens with one attached hydrogen (secondary N) is 3. The Labute approximate surface area is 148 Å². The van der Waals surface area contributed by atoms with Crippen LogP contribution in [0.1, 0.15) is 45.0 Å². The first-order valence-electron chi connectivity index (χ1n) is 8.35. The summed E-state index contributed by atoms with van der Waals surface area (Å²) in [7, 11) is 0. The van der Waals surface area contributed by atoms with Crippen molar-refractivity contribution < 1.29 is 19.1 Å². The summed E-state index contributed by atoms with van der Waals surface area (Å²) in [5.41, 5.74) is 0.907. The van der Waals surface area contributed by atoms with E-state index in [9.17, 15) is 14.4 Å². The molecule has 7 heteroatoms. The lowest BCUT2D eigenvalue weighted by molar-refractivity contribution is -0.151. The standard InChI is InChI=1S/C18H27N3O4/c1-11(2)20-18(24)21-15-8-6-7-14(9-15)16(22)19-10-13(5)17(23)25-12(3)4/h6-9,11-13H,10H2,1-5H3,(H,19,22)(H2,20,21,24)/t13-/m1/s1. The van der Waals surface area contributed by atoms with Gasteiger partial charge in [-0.1, -0.05) is 13.0 Å². The maximum Gasteiger partial charge on any atom is 0.319 e. The molecule has 0 fully saturated rings. The molecule has 138 valence electrons. The molecule has 7 nitrogen and oxygen atoms in total. The molecule has 1 aromatic rings. The molecule has 3 N–H and O–H groups in total. The highest BCUT2D eigenvalue weighted by Gasteiger charge is 2.17. The molecule has 0 saturated carbocycles. The maximum atomic E-state index is 12.2. The summed E-state index contributed by atoms with van der Waals surface area (Å²) < 4.78 is 5.10. The Hall–Kier alpha value is -2.57. The summed E-state index contributed by atoms with van der Waals surface area (Å²) in [5.74, 6) is -1.11. The minimum atomic E-state index is -0.440. The van der Waals surface area contributed by atoms with Crippen LogP contribution in [0.2, 0.25) is 0 Å². The molecule has 25 heavy (non-hydrogen) atoms. The summed E-state index contributed by atoms with van der Waals surface area (Å²) in [6.07, 6.45) is -0.189. The number of benzene rings is 1. The Kier molecular flexibility index (Phi) is 7.91. The number of carbonyl (C=O) groups is 3. The molecule has 0 heterocycles. The third-order valence-electron chi connectivity index (χ3n) is 3.13. The number of carbonyl (C=O) groups excluding carboxylic acids is 3. The van der Waals surface area contributed by atoms with Gasteiger partial charge in [0, 0.05) is 23.8 Å². The molecule has 0 bridgehead atoms. The highest BCUT2D eigenvalue weighted by Crippen LogP contribution is 2.11. The highest BCUT2D eigenvalue weighted by atomic mass is 16.5. The summed E-state index contributed by atoms with van der Waals surface area (Å²) in [6, 6.07) is 6.26. The number of amides is 3. The van der Waals surface area contributed by atoms with E-state index in [1.807, 2.05) is 13.8 Å². The van der Waals surface area contributed by atoms with E-state index in [0.29, 0.717) is 11.3 Å². The first-order chi connectivity index (χ1) is 11.7. The van der Waals surface area contributed by atoms with E-state index >= 15 is 0 Å². The van der Waals surface area contributed by atoms with Gasteiger partial charge in [-0.15, -0.1) is 0 Å². The predicted molar refractivity (Wildman–Crippen MR) is 96.5 cm³/mol. The summed E-state index contributed by atoms with van der Waals surface area (Å²) >= 11 is 0. The molecule has 0 aliphatic carbocycles. The molecule has 0 spiro atoms. The van der Waals surface area contributed by atoms with E-state index in [2.05, 4.69) is 16.0 Å². The topological polar surface area (TPSA) is 96.5 Å². The normalized spacial score (nSPS) is 11.8. The van der Waals surface area contributed by atoms with Gasteiger partial charge in [-0.25, -0.2) is 4.79 Å². The first-order valence-corrected chi connectivity index (χ1v) is 8.35. The second-order valence-electron chi connectivity index (χ2n) is 6.43. The maximum absolute atomic E-state index is 12.2. The highest BCUT2D eigenvalue weighted by molar-refractivity contribution is 5.97. The Morgan fingerprint density at radius 3 is 2.36 bits per heavy atom. The van der Waals surface area contributed by atoms with Crippen molar-refractivity contribution in [1.82, 2.24) is 10.6 Å². The number of hydrogen-bond donors (Lipinski definition) is 3. The van der Waals surface area contributed by atoms with Crippen LogP contribution in [0.3, 0.4) is 0 Å². The van der Waals surface area contributed by atoms with Gasteiger partial charge in [-0.3, -0.25) is 9.59 Å². The fraction of sp³-hybridized carbons (Fsp3) is 0.500. The average Bonchev–Trinajstić information content (AvgIpc) is 2.50. The number of urea groups is 1. The summed E-state index contributed by atoms with van der Waals surface area (Å²) in [6.45, 7) is 9.13. The zero-order valence-corrected chi connectivity index (χ0v) is 15.4. The molecule has 1 atom stereocenters. The Morgan fingerprint density at radius 2 is 1.76 bits per heavy atom. The van der Waals surface area contributed by atoms with Crippen LogP contribution in [0.15, 0.2) is 24.3 Å². The van der Waals surface area contributed by atoms with Crippen LogP contribution >= 0.6 is 0 Å². The van der Waals surface area contributed by atoms with E-state index < -0.39 is 5.92 Å². The molecule has 0 unspecified atom stereocenters. The van der Waals surface area contributed by atoms with Crippen LogP contribution in [0, 0.1) is 5.92 Å². The quantitative estimate of drug-likeness (QED) is 0.659. The molecular formula is C18H27N3O4. The molecule has 0 aromatic heterocycles. The number of rotatable bonds is 7. The lowest BCUT2D eigenvalue weighted by Gasteiger charge is -2.15. The molecule has 1 rings (SSSR count). The Bertz CT molecular complexity index is 614. The minimum absolute atomic E-state index is 0.0126. The van der Waals surface area contributed by atoms with Gasteiger partial charge in [0.05, 0.1) is 12.0 Å². The van der Waals surface area contributed by atoms with Crippen molar-refractivity contribution in [3.8, 4) is 0 Å². The molecule has 0 aliphatic rings. The van der Waals surface area contributed by atoms with Crippen LogP contribution in [0.5, 0.6) is 0 Å². The number of hydrogen-bond acceptors (Lipinski definition) is 4. The van der Waals surface area contributed by atoms with Crippen molar-refractivity contribution in [2.75, 3.05) is 11.9 Å². The number of ether oxygens (including phenoxy) is 1. The van der Waals surface area contributed by atoms with Crippen molar-refractivity contribution in [3.63, 3.8) is 0 Å². The van der Waals surface area contributed by atoms with Gasteiger partial charge < -0.3 is 20.7 Å². The average molecular weight is 349 g/mol. The van der Waals surface area contributed by atoms with Gasteiger partial charge in [0.25, 0.3) is 5.91 Å². The van der Waals surface area contributed by atoms with Crippen molar-refractivity contribution in [3.05, 3.63) is 29.8 Å². The third kappa shape index (κ3) is 7.69. The number of anilines is 1. The van der Waals surface area contributed by atoms with Crippen LogP contribution in [-0.2, 0) is 9.53 Å². The van der Waals surface area contributed by atoms with Gasteiger partial charge in [0.2, 0.25) is 0 Å². The summed E-state index contributed by atoms with van der Waals surface area (Å²) in [5, 5.41) is 8.07. The molecular weight excluding hydrogens is 322 g/mol. The van der Waals surface area contributed by atoms with E-state index in [1.165, 1.54) is 0 Å². The van der Waals surface area contributed by atoms with E-state index in [-0.39, 0.29) is 36.6 Å². The lowest BCUT2D eigenvalue weighted by atomic mass is 10.1. The Balaban J connectivity index is 2.60. The Morgan fingerprint density at radius 1 is 1.08 bits per heavy atom. The third-order valence-corrected chi connectivity index (χ3v) is 3.13. The van der Waals surface area contributed by atoms with Gasteiger partial charge >= 0.3 is 12.0 Å². The van der Waals surface area contributed by atoms with Gasteiger partial charge in [-0.05, 0) is 45.9 Å². The molecule has 0 radical (unpaired) electrons. The van der Waals surface area contributed by atoms with Crippen molar-refractivity contribution in [2.24, 2.45) is 5.92 Å². The molecule has 0 aliphatic heterocycles. The molecule has 1 aromatic carbocycles. The zero-order valence-electron chi connectivity index (χ0n) is 15.4. The number of esters is 1. The van der Waals surface area contributed by atoms with Crippen molar-refractivity contribution >= 4 is 23.6 Å². The van der Waals surface area contributed by atoms with E-state index in [0.717, 1.165) is 0 Å². The van der Waals surface area contributed by atoms with Crippen LogP contribution in [-0.4, -0.2) is 36.6 Å². The van der Waals surface area contributed by atoms with Crippen LogP contribution < -0.4 is 16.0 Å². The predicted octanol–water partition coefficient (Wildman–Crippen LogP) is 2.53. The second-order valence-corrected chi connectivity index (χ2v) is 6.43. The fourth-order valence-corrected chi connectivity index (χ4v) is 1.95. The monoisotopic (exact) mass is 349 g/mol. The molecule has 3 amide bonds. The molecule has 0 saturated heterocycles.